The Morgan fingerprint density at radius 3 is 2.82 bits per heavy atom. The first-order chi connectivity index (χ1) is 8.02. The molecule has 0 fully saturated rings. The Bertz CT molecular complexity index is 526. The maximum atomic E-state index is 11.6. The Morgan fingerprint density at radius 2 is 2.12 bits per heavy atom. The Labute approximate surface area is 102 Å². The van der Waals surface area contributed by atoms with Crippen molar-refractivity contribution >= 4 is 9.84 Å². The molecule has 0 aliphatic carbocycles. The van der Waals surface area contributed by atoms with Gasteiger partial charge in [0.15, 0.2) is 9.84 Å². The van der Waals surface area contributed by atoms with Crippen LogP contribution in [0.4, 0.5) is 0 Å². The molecule has 1 N–H and O–H groups in total. The van der Waals surface area contributed by atoms with Crippen molar-refractivity contribution in [3.8, 4) is 0 Å². The molecule has 0 atom stereocenters. The average Bonchev–Trinajstić information content (AvgIpc) is 2.24. The number of nitrogens with one attached hydrogen (secondary N) is 1. The summed E-state index contributed by atoms with van der Waals surface area (Å²) in [5.74, 6) is 1.02. The Kier molecular flexibility index (Phi) is 3.44. The highest BCUT2D eigenvalue weighted by atomic mass is 32.2. The molecule has 6 heteroatoms. The van der Waals surface area contributed by atoms with Crippen LogP contribution in [0, 0.1) is 6.92 Å². The molecule has 2 rings (SSSR count). The SMILES string of the molecule is CNCCc1nc(C)c2c(n1)CS(=O)(=O)CC2. The fraction of sp³-hybridized carbons (Fsp3) is 0.636. The van der Waals surface area contributed by atoms with Crippen molar-refractivity contribution in [2.45, 2.75) is 25.5 Å². The summed E-state index contributed by atoms with van der Waals surface area (Å²) < 4.78 is 23.2. The third kappa shape index (κ3) is 2.81. The third-order valence-corrected chi connectivity index (χ3v) is 4.50. The smallest absolute Gasteiger partial charge is 0.156 e. The molecular formula is C11H17N3O2S. The molecule has 1 aromatic rings. The summed E-state index contributed by atoms with van der Waals surface area (Å²) >= 11 is 0. The van der Waals surface area contributed by atoms with Gasteiger partial charge in [-0.25, -0.2) is 18.4 Å². The van der Waals surface area contributed by atoms with E-state index in [2.05, 4.69) is 15.3 Å². The number of hydrogen-bond acceptors (Lipinski definition) is 5. The Morgan fingerprint density at radius 1 is 1.35 bits per heavy atom. The summed E-state index contributed by atoms with van der Waals surface area (Å²) in [6, 6.07) is 0. The fourth-order valence-electron chi connectivity index (χ4n) is 2.05. The summed E-state index contributed by atoms with van der Waals surface area (Å²) in [7, 11) is -1.09. The van der Waals surface area contributed by atoms with E-state index in [0.717, 1.165) is 30.0 Å². The van der Waals surface area contributed by atoms with Crippen LogP contribution in [0.1, 0.15) is 22.8 Å². The van der Waals surface area contributed by atoms with Gasteiger partial charge in [-0.05, 0) is 26.0 Å². The predicted octanol–water partition coefficient (Wildman–Crippen LogP) is 0.0178. The molecule has 94 valence electrons. The van der Waals surface area contributed by atoms with Crippen LogP contribution in [-0.4, -0.2) is 37.7 Å². The van der Waals surface area contributed by atoms with Gasteiger partial charge >= 0.3 is 0 Å². The summed E-state index contributed by atoms with van der Waals surface area (Å²) in [6.07, 6.45) is 1.28. The van der Waals surface area contributed by atoms with E-state index in [1.807, 2.05) is 14.0 Å². The molecule has 1 aliphatic heterocycles. The molecule has 2 heterocycles. The van der Waals surface area contributed by atoms with Crippen molar-refractivity contribution in [2.24, 2.45) is 0 Å². The molecule has 0 unspecified atom stereocenters. The largest absolute Gasteiger partial charge is 0.319 e. The maximum Gasteiger partial charge on any atom is 0.156 e. The van der Waals surface area contributed by atoms with Crippen LogP contribution in [0.15, 0.2) is 0 Å². The van der Waals surface area contributed by atoms with Crippen molar-refractivity contribution in [1.29, 1.82) is 0 Å². The summed E-state index contributed by atoms with van der Waals surface area (Å²) in [5, 5.41) is 3.03. The molecule has 0 aromatic carbocycles. The predicted molar refractivity (Wildman–Crippen MR) is 65.6 cm³/mol. The van der Waals surface area contributed by atoms with Gasteiger partial charge in [0.25, 0.3) is 0 Å². The molecule has 0 saturated heterocycles. The van der Waals surface area contributed by atoms with E-state index in [1.165, 1.54) is 0 Å². The quantitative estimate of drug-likeness (QED) is 0.824. The molecule has 0 radical (unpaired) electrons. The Balaban J connectivity index is 2.35. The van der Waals surface area contributed by atoms with E-state index in [4.69, 9.17) is 0 Å². The monoisotopic (exact) mass is 255 g/mol. The number of aryl methyl sites for hydroxylation is 1. The highest BCUT2D eigenvalue weighted by molar-refractivity contribution is 7.90. The van der Waals surface area contributed by atoms with E-state index in [0.29, 0.717) is 12.1 Å². The van der Waals surface area contributed by atoms with E-state index in [1.54, 1.807) is 0 Å². The zero-order chi connectivity index (χ0) is 12.5. The highest BCUT2D eigenvalue weighted by Gasteiger charge is 2.24. The minimum Gasteiger partial charge on any atom is -0.319 e. The van der Waals surface area contributed by atoms with Crippen LogP contribution in [0.3, 0.4) is 0 Å². The Hall–Kier alpha value is -1.01. The van der Waals surface area contributed by atoms with Crippen molar-refractivity contribution < 1.29 is 8.42 Å². The molecule has 0 spiro atoms. The van der Waals surface area contributed by atoms with Gasteiger partial charge in [0.1, 0.15) is 5.82 Å². The van der Waals surface area contributed by atoms with Crippen LogP contribution in [-0.2, 0) is 28.4 Å². The number of hydrogen-bond donors (Lipinski definition) is 1. The molecular weight excluding hydrogens is 238 g/mol. The number of nitrogens with zero attached hydrogens (tertiary/aromatic N) is 2. The van der Waals surface area contributed by atoms with Gasteiger partial charge in [0, 0.05) is 18.7 Å². The van der Waals surface area contributed by atoms with Crippen molar-refractivity contribution in [3.63, 3.8) is 0 Å². The molecule has 17 heavy (non-hydrogen) atoms. The number of aromatic nitrogens is 2. The minimum atomic E-state index is -2.96. The number of sulfone groups is 1. The van der Waals surface area contributed by atoms with Gasteiger partial charge in [-0.2, -0.15) is 0 Å². The lowest BCUT2D eigenvalue weighted by atomic mass is 10.1. The van der Waals surface area contributed by atoms with Crippen LogP contribution >= 0.6 is 0 Å². The highest BCUT2D eigenvalue weighted by Crippen LogP contribution is 2.21. The molecule has 0 amide bonds. The lowest BCUT2D eigenvalue weighted by Crippen LogP contribution is -2.23. The topological polar surface area (TPSA) is 72.0 Å². The first-order valence-corrected chi connectivity index (χ1v) is 7.54. The zero-order valence-corrected chi connectivity index (χ0v) is 11.0. The first kappa shape index (κ1) is 12.4. The van der Waals surface area contributed by atoms with Crippen molar-refractivity contribution in [1.82, 2.24) is 15.3 Å². The van der Waals surface area contributed by atoms with Gasteiger partial charge in [-0.1, -0.05) is 0 Å². The van der Waals surface area contributed by atoms with Crippen LogP contribution in [0.25, 0.3) is 0 Å². The van der Waals surface area contributed by atoms with Gasteiger partial charge in [-0.15, -0.1) is 0 Å². The molecule has 0 saturated carbocycles. The minimum absolute atomic E-state index is 0.0677. The second kappa shape index (κ2) is 4.70. The van der Waals surface area contributed by atoms with Crippen LogP contribution in [0.2, 0.25) is 0 Å². The lowest BCUT2D eigenvalue weighted by molar-refractivity contribution is 0.589. The summed E-state index contributed by atoms with van der Waals surface area (Å²) in [6.45, 7) is 2.73. The van der Waals surface area contributed by atoms with Gasteiger partial charge in [-0.3, -0.25) is 0 Å². The second-order valence-electron chi connectivity index (χ2n) is 4.35. The van der Waals surface area contributed by atoms with E-state index < -0.39 is 9.84 Å². The van der Waals surface area contributed by atoms with Gasteiger partial charge < -0.3 is 5.32 Å². The van der Waals surface area contributed by atoms with Gasteiger partial charge in [0.05, 0.1) is 17.2 Å². The summed E-state index contributed by atoms with van der Waals surface area (Å²) in [4.78, 5) is 8.80. The van der Waals surface area contributed by atoms with Crippen molar-refractivity contribution in [2.75, 3.05) is 19.3 Å². The molecule has 0 bridgehead atoms. The molecule has 5 nitrogen and oxygen atoms in total. The summed E-state index contributed by atoms with van der Waals surface area (Å²) in [5.41, 5.74) is 2.65. The normalized spacial score (nSPS) is 17.8. The first-order valence-electron chi connectivity index (χ1n) is 5.72. The van der Waals surface area contributed by atoms with Crippen LogP contribution < -0.4 is 5.32 Å². The van der Waals surface area contributed by atoms with E-state index >= 15 is 0 Å². The third-order valence-electron chi connectivity index (χ3n) is 2.96. The molecule has 1 aromatic heterocycles. The van der Waals surface area contributed by atoms with Crippen LogP contribution in [0.5, 0.6) is 0 Å². The molecule has 1 aliphatic rings. The van der Waals surface area contributed by atoms with Crippen molar-refractivity contribution in [3.05, 3.63) is 22.8 Å². The number of fused-ring (bicyclic) bond motifs is 1. The second-order valence-corrected chi connectivity index (χ2v) is 6.53. The average molecular weight is 255 g/mol. The van der Waals surface area contributed by atoms with Gasteiger partial charge in [0.2, 0.25) is 0 Å². The standard InChI is InChI=1S/C11H17N3O2S/c1-8-9-4-6-17(15,16)7-10(9)14-11(13-8)3-5-12-2/h12H,3-7H2,1-2H3. The zero-order valence-electron chi connectivity index (χ0n) is 10.2. The van der Waals surface area contributed by atoms with E-state index in [9.17, 15) is 8.42 Å². The fourth-order valence-corrected chi connectivity index (χ4v) is 3.36. The number of likely N-dealkylation sites (N-methyl/N-ethyl adjacent to an activating group) is 1. The number of rotatable bonds is 3. The maximum absolute atomic E-state index is 11.6. The lowest BCUT2D eigenvalue weighted by Gasteiger charge is -2.18. The van der Waals surface area contributed by atoms with E-state index in [-0.39, 0.29) is 11.5 Å².